The average molecular weight is 504 g/mol. The number of carbonyl (C=O) groups excluding carboxylic acids is 4. The van der Waals surface area contributed by atoms with Gasteiger partial charge in [-0.1, -0.05) is 12.1 Å². The van der Waals surface area contributed by atoms with Crippen LogP contribution < -0.4 is 10.6 Å². The van der Waals surface area contributed by atoms with Crippen LogP contribution in [-0.2, 0) is 17.9 Å². The molecule has 3 aromatic rings. The van der Waals surface area contributed by atoms with Crippen molar-refractivity contribution < 1.29 is 23.6 Å². The molecule has 0 spiro atoms. The maximum absolute atomic E-state index is 13.7. The van der Waals surface area contributed by atoms with Crippen LogP contribution in [0, 0.1) is 5.82 Å². The minimum absolute atomic E-state index is 0.0277. The Morgan fingerprint density at radius 2 is 1.76 bits per heavy atom. The molecule has 10 heteroatoms. The van der Waals surface area contributed by atoms with E-state index in [1.54, 1.807) is 52.8 Å². The van der Waals surface area contributed by atoms with Crippen molar-refractivity contribution in [3.05, 3.63) is 83.2 Å². The lowest BCUT2D eigenvalue weighted by molar-refractivity contribution is -0.133. The number of amides is 3. The van der Waals surface area contributed by atoms with Crippen molar-refractivity contribution >= 4 is 29.2 Å². The van der Waals surface area contributed by atoms with Gasteiger partial charge in [0.05, 0.1) is 12.9 Å². The third-order valence-corrected chi connectivity index (χ3v) is 6.80. The summed E-state index contributed by atoms with van der Waals surface area (Å²) in [5.74, 6) is -1.77. The van der Waals surface area contributed by atoms with Gasteiger partial charge in [0.15, 0.2) is 11.5 Å². The van der Waals surface area contributed by atoms with Crippen LogP contribution in [-0.4, -0.2) is 49.5 Å². The van der Waals surface area contributed by atoms with Gasteiger partial charge in [0.2, 0.25) is 5.91 Å². The highest BCUT2D eigenvalue weighted by Crippen LogP contribution is 2.39. The van der Waals surface area contributed by atoms with Crippen LogP contribution in [0.1, 0.15) is 63.6 Å². The lowest BCUT2D eigenvalue weighted by Gasteiger charge is -2.44. The Kier molecular flexibility index (Phi) is 6.10. The zero-order valence-electron chi connectivity index (χ0n) is 20.5. The fraction of sp³-hybridized carbons (Fsp3) is 0.296. The normalized spacial score (nSPS) is 18.8. The number of fused-ring (bicyclic) bond motifs is 1. The Morgan fingerprint density at radius 1 is 1.08 bits per heavy atom. The number of anilines is 1. The van der Waals surface area contributed by atoms with Crippen molar-refractivity contribution in [3.8, 4) is 0 Å². The predicted octanol–water partition coefficient (Wildman–Crippen LogP) is 3.17. The maximum Gasteiger partial charge on any atom is 0.276 e. The zero-order chi connectivity index (χ0) is 26.3. The summed E-state index contributed by atoms with van der Waals surface area (Å²) in [5.41, 5.74) is 0.627. The van der Waals surface area contributed by atoms with Gasteiger partial charge >= 0.3 is 0 Å². The number of hydrogen-bond donors (Lipinski definition) is 2. The molecule has 190 valence electrons. The van der Waals surface area contributed by atoms with Gasteiger partial charge in [0.1, 0.15) is 17.1 Å². The van der Waals surface area contributed by atoms with Gasteiger partial charge in [0.25, 0.3) is 11.8 Å². The molecule has 2 N–H and O–H groups in total. The second-order valence-corrected chi connectivity index (χ2v) is 9.65. The standard InChI is InChI=1S/C27H26FN5O4/c1-16(34)18-5-9-20(10-6-18)31-24(35)22-23-25(36)33(21-11-12-21)27(2,14-32(23)15-30-22)26(37)29-13-17-3-7-19(28)8-4-17/h3-10,15,21H,11-14H2,1-2H3,(H,29,37)(H,31,35)/t27-/m0/s1. The van der Waals surface area contributed by atoms with E-state index in [0.717, 1.165) is 18.4 Å². The summed E-state index contributed by atoms with van der Waals surface area (Å²) in [5, 5.41) is 5.60. The fourth-order valence-corrected chi connectivity index (χ4v) is 4.67. The molecule has 0 saturated heterocycles. The fourth-order valence-electron chi connectivity index (χ4n) is 4.67. The van der Waals surface area contributed by atoms with E-state index in [1.807, 2.05) is 0 Å². The minimum Gasteiger partial charge on any atom is -0.350 e. The number of ketones is 1. The Labute approximate surface area is 212 Å². The molecule has 0 radical (unpaired) electrons. The number of nitrogens with one attached hydrogen (secondary N) is 2. The van der Waals surface area contributed by atoms with Crippen molar-refractivity contribution in [1.82, 2.24) is 19.8 Å². The van der Waals surface area contributed by atoms with Crippen molar-refractivity contribution in [1.29, 1.82) is 0 Å². The third kappa shape index (κ3) is 4.62. The highest BCUT2D eigenvalue weighted by molar-refractivity contribution is 6.11. The number of aromatic nitrogens is 2. The smallest absolute Gasteiger partial charge is 0.276 e. The third-order valence-electron chi connectivity index (χ3n) is 6.80. The summed E-state index contributed by atoms with van der Waals surface area (Å²) in [4.78, 5) is 57.4. The van der Waals surface area contributed by atoms with E-state index >= 15 is 0 Å². The van der Waals surface area contributed by atoms with Gasteiger partial charge in [0, 0.05) is 23.8 Å². The van der Waals surface area contributed by atoms with Gasteiger partial charge in [-0.15, -0.1) is 0 Å². The number of halogens is 1. The molecule has 2 aromatic carbocycles. The maximum atomic E-state index is 13.7. The molecule has 1 aliphatic heterocycles. The number of benzene rings is 2. The minimum atomic E-state index is -1.19. The monoisotopic (exact) mass is 503 g/mol. The summed E-state index contributed by atoms with van der Waals surface area (Å²) in [6.45, 7) is 3.49. The number of rotatable bonds is 7. The lowest BCUT2D eigenvalue weighted by Crippen LogP contribution is -2.64. The van der Waals surface area contributed by atoms with E-state index in [2.05, 4.69) is 15.6 Å². The van der Waals surface area contributed by atoms with Crippen molar-refractivity contribution in [2.45, 2.75) is 51.4 Å². The largest absolute Gasteiger partial charge is 0.350 e. The first kappa shape index (κ1) is 24.4. The average Bonchev–Trinajstić information content (AvgIpc) is 3.61. The Bertz CT molecular complexity index is 1400. The Hall–Kier alpha value is -4.34. The summed E-state index contributed by atoms with van der Waals surface area (Å²) in [6, 6.07) is 12.2. The van der Waals surface area contributed by atoms with E-state index in [4.69, 9.17) is 0 Å². The van der Waals surface area contributed by atoms with E-state index in [9.17, 15) is 23.6 Å². The number of hydrogen-bond acceptors (Lipinski definition) is 5. The zero-order valence-corrected chi connectivity index (χ0v) is 20.5. The SMILES string of the molecule is CC(=O)c1ccc(NC(=O)c2ncn3c2C(=O)N(C2CC2)[C@](C)(C(=O)NCc2ccc(F)cc2)C3)cc1. The number of Topliss-reactive ketones (excluding diaryl/α,β-unsaturated/α-hetero) is 1. The van der Waals surface area contributed by atoms with Gasteiger partial charge in [-0.05, 0) is 68.7 Å². The van der Waals surface area contributed by atoms with Gasteiger partial charge < -0.3 is 20.1 Å². The van der Waals surface area contributed by atoms with Gasteiger partial charge in [-0.2, -0.15) is 0 Å². The second kappa shape index (κ2) is 9.27. The Morgan fingerprint density at radius 3 is 2.38 bits per heavy atom. The predicted molar refractivity (Wildman–Crippen MR) is 132 cm³/mol. The molecular formula is C27H26FN5O4. The van der Waals surface area contributed by atoms with Crippen LogP contribution in [0.3, 0.4) is 0 Å². The quantitative estimate of drug-likeness (QED) is 0.481. The van der Waals surface area contributed by atoms with Crippen LogP contribution >= 0.6 is 0 Å². The highest BCUT2D eigenvalue weighted by atomic mass is 19.1. The summed E-state index contributed by atoms with van der Waals surface area (Å²) in [7, 11) is 0. The molecule has 1 saturated carbocycles. The van der Waals surface area contributed by atoms with Crippen LogP contribution in [0.4, 0.5) is 10.1 Å². The molecular weight excluding hydrogens is 477 g/mol. The number of carbonyl (C=O) groups is 4. The molecule has 3 amide bonds. The molecule has 1 atom stereocenters. The first-order valence-corrected chi connectivity index (χ1v) is 12.0. The second-order valence-electron chi connectivity index (χ2n) is 9.65. The van der Waals surface area contributed by atoms with E-state index in [1.165, 1.54) is 25.4 Å². The van der Waals surface area contributed by atoms with Gasteiger partial charge in [-0.3, -0.25) is 19.2 Å². The molecule has 1 aromatic heterocycles. The van der Waals surface area contributed by atoms with Crippen molar-refractivity contribution in [2.24, 2.45) is 0 Å². The van der Waals surface area contributed by atoms with E-state index in [0.29, 0.717) is 11.3 Å². The summed E-state index contributed by atoms with van der Waals surface area (Å²) in [6.07, 6.45) is 2.94. The molecule has 37 heavy (non-hydrogen) atoms. The van der Waals surface area contributed by atoms with Crippen LogP contribution in [0.5, 0.6) is 0 Å². The molecule has 0 unspecified atom stereocenters. The van der Waals surface area contributed by atoms with Crippen molar-refractivity contribution in [2.75, 3.05) is 5.32 Å². The molecule has 5 rings (SSSR count). The number of imidazole rings is 1. The topological polar surface area (TPSA) is 113 Å². The van der Waals surface area contributed by atoms with E-state index in [-0.39, 0.29) is 48.0 Å². The first-order valence-electron chi connectivity index (χ1n) is 12.0. The van der Waals surface area contributed by atoms with Gasteiger partial charge in [-0.25, -0.2) is 9.37 Å². The lowest BCUT2D eigenvalue weighted by atomic mass is 9.93. The van der Waals surface area contributed by atoms with E-state index < -0.39 is 17.4 Å². The molecule has 2 heterocycles. The van der Waals surface area contributed by atoms with Crippen LogP contribution in [0.25, 0.3) is 0 Å². The summed E-state index contributed by atoms with van der Waals surface area (Å²) >= 11 is 0. The molecule has 9 nitrogen and oxygen atoms in total. The highest BCUT2D eigenvalue weighted by Gasteiger charge is 2.53. The van der Waals surface area contributed by atoms with Crippen LogP contribution in [0.15, 0.2) is 54.9 Å². The molecule has 2 aliphatic rings. The molecule has 0 bridgehead atoms. The Balaban J connectivity index is 1.37. The molecule has 1 fully saturated rings. The van der Waals surface area contributed by atoms with Crippen molar-refractivity contribution in [3.63, 3.8) is 0 Å². The number of nitrogens with zero attached hydrogens (tertiary/aromatic N) is 3. The molecule has 1 aliphatic carbocycles. The first-order chi connectivity index (χ1) is 17.7. The summed E-state index contributed by atoms with van der Waals surface area (Å²) < 4.78 is 14.8. The van der Waals surface area contributed by atoms with Crippen LogP contribution in [0.2, 0.25) is 0 Å².